The van der Waals surface area contributed by atoms with E-state index in [1.807, 2.05) is 0 Å². The van der Waals surface area contributed by atoms with Crippen LogP contribution in [0.2, 0.25) is 0 Å². The van der Waals surface area contributed by atoms with Crippen LogP contribution < -0.4 is 0 Å². The molecule has 0 aliphatic heterocycles. The number of benzene rings is 8. The molecule has 0 amide bonds. The van der Waals surface area contributed by atoms with Crippen LogP contribution in [-0.2, 0) is 0 Å². The Morgan fingerprint density at radius 2 is 0.882 bits per heavy atom. The van der Waals surface area contributed by atoms with Crippen molar-refractivity contribution in [1.29, 1.82) is 0 Å². The van der Waals surface area contributed by atoms with Gasteiger partial charge in [-0.15, -0.1) is 0 Å². The van der Waals surface area contributed by atoms with Crippen molar-refractivity contribution in [1.82, 2.24) is 9.13 Å². The minimum Gasteiger partial charge on any atom is -0.456 e. The van der Waals surface area contributed by atoms with Crippen LogP contribution in [0.5, 0.6) is 0 Å². The van der Waals surface area contributed by atoms with E-state index in [4.69, 9.17) is 4.42 Å². The van der Waals surface area contributed by atoms with Crippen LogP contribution in [0, 0.1) is 0 Å². The van der Waals surface area contributed by atoms with Gasteiger partial charge in [-0.2, -0.15) is 0 Å². The van der Waals surface area contributed by atoms with Crippen LogP contribution in [0.1, 0.15) is 0 Å². The molecule has 11 rings (SSSR count). The summed E-state index contributed by atoms with van der Waals surface area (Å²) in [6.07, 6.45) is 0. The van der Waals surface area contributed by atoms with Gasteiger partial charge < -0.3 is 13.6 Å². The summed E-state index contributed by atoms with van der Waals surface area (Å²) >= 11 is 0. The smallest absolute Gasteiger partial charge is 0.136 e. The van der Waals surface area contributed by atoms with E-state index in [0.717, 1.165) is 27.6 Å². The molecule has 8 aromatic carbocycles. The quantitative estimate of drug-likeness (QED) is 0.186. The minimum absolute atomic E-state index is 0.893. The van der Waals surface area contributed by atoms with Gasteiger partial charge in [0.25, 0.3) is 0 Å². The Morgan fingerprint density at radius 1 is 0.314 bits per heavy atom. The molecule has 3 heteroatoms. The molecule has 0 bridgehead atoms. The molecule has 11 aromatic rings. The van der Waals surface area contributed by atoms with E-state index in [-0.39, 0.29) is 0 Å². The Bertz CT molecular complexity index is 3130. The molecule has 3 nitrogen and oxygen atoms in total. The van der Waals surface area contributed by atoms with Crippen molar-refractivity contribution in [3.63, 3.8) is 0 Å². The first-order valence-corrected chi connectivity index (χ1v) is 17.4. The van der Waals surface area contributed by atoms with Crippen LogP contribution in [0.25, 0.3) is 99.2 Å². The third-order valence-electron chi connectivity index (χ3n) is 10.5. The van der Waals surface area contributed by atoms with E-state index in [2.05, 4.69) is 191 Å². The van der Waals surface area contributed by atoms with Crippen LogP contribution in [0.4, 0.5) is 0 Å². The molecule has 0 unspecified atom stereocenters. The molecule has 0 N–H and O–H groups in total. The fraction of sp³-hybridized carbons (Fsp3) is 0. The molecule has 3 heterocycles. The van der Waals surface area contributed by atoms with Gasteiger partial charge in [0.15, 0.2) is 0 Å². The fourth-order valence-electron chi connectivity index (χ4n) is 8.25. The molecular formula is C48H30N2O. The topological polar surface area (TPSA) is 23.0 Å². The first kappa shape index (κ1) is 28.0. The third kappa shape index (κ3) is 4.19. The Morgan fingerprint density at radius 3 is 1.55 bits per heavy atom. The van der Waals surface area contributed by atoms with Gasteiger partial charge in [0.05, 0.1) is 22.1 Å². The average molecular weight is 651 g/mol. The van der Waals surface area contributed by atoms with Gasteiger partial charge >= 0.3 is 0 Å². The van der Waals surface area contributed by atoms with E-state index >= 15 is 0 Å². The third-order valence-corrected chi connectivity index (χ3v) is 10.5. The Kier molecular flexibility index (Phi) is 5.96. The SMILES string of the molecule is c1ccc(-c2cccc3oc4ccc(-n5c6ccccc6c6cc(-c7ccc8c(c7)c7ccccc7n8-c7ccccc7)ccc65)cc4c23)cc1. The predicted molar refractivity (Wildman–Crippen MR) is 213 cm³/mol. The van der Waals surface area contributed by atoms with Crippen molar-refractivity contribution in [3.05, 3.63) is 182 Å². The first-order chi connectivity index (χ1) is 25.3. The summed E-state index contributed by atoms with van der Waals surface area (Å²) in [5.41, 5.74) is 13.6. The Hall–Kier alpha value is -6.84. The van der Waals surface area contributed by atoms with Crippen molar-refractivity contribution in [3.8, 4) is 33.6 Å². The standard InChI is InChI=1S/C48H30N2O/c1-3-12-31(13-4-1)36-18-11-21-47-48(36)41-30-35(24-27-46(41)51-47)50-43-20-10-8-17-38(43)40-29-33(23-26-45(40)50)32-22-25-44-39(28-32)37-16-7-9-19-42(37)49(44)34-14-5-2-6-15-34/h1-30H. The molecule has 238 valence electrons. The predicted octanol–water partition coefficient (Wildman–Crippen LogP) is 13.1. The normalized spacial score (nSPS) is 11.9. The summed E-state index contributed by atoms with van der Waals surface area (Å²) in [5, 5.41) is 7.24. The summed E-state index contributed by atoms with van der Waals surface area (Å²) in [6, 6.07) is 65.5. The highest BCUT2D eigenvalue weighted by atomic mass is 16.3. The highest BCUT2D eigenvalue weighted by molar-refractivity contribution is 6.15. The van der Waals surface area contributed by atoms with Gasteiger partial charge in [-0.25, -0.2) is 0 Å². The molecule has 3 aromatic heterocycles. The highest BCUT2D eigenvalue weighted by Crippen LogP contribution is 2.41. The summed E-state index contributed by atoms with van der Waals surface area (Å²) in [4.78, 5) is 0. The van der Waals surface area contributed by atoms with E-state index in [0.29, 0.717) is 0 Å². The monoisotopic (exact) mass is 650 g/mol. The molecule has 0 radical (unpaired) electrons. The summed E-state index contributed by atoms with van der Waals surface area (Å²) in [5.74, 6) is 0. The molecule has 0 spiro atoms. The lowest BCUT2D eigenvalue weighted by molar-refractivity contribution is 0.669. The van der Waals surface area contributed by atoms with Crippen molar-refractivity contribution in [2.45, 2.75) is 0 Å². The maximum absolute atomic E-state index is 6.40. The van der Waals surface area contributed by atoms with Gasteiger partial charge in [-0.3, -0.25) is 0 Å². The Labute approximate surface area is 293 Å². The number of rotatable bonds is 4. The molecule has 0 fully saturated rings. The van der Waals surface area contributed by atoms with Crippen molar-refractivity contribution in [2.24, 2.45) is 0 Å². The van der Waals surface area contributed by atoms with Gasteiger partial charge in [0.1, 0.15) is 11.2 Å². The molecule has 0 aliphatic carbocycles. The lowest BCUT2D eigenvalue weighted by Gasteiger charge is -2.10. The largest absolute Gasteiger partial charge is 0.456 e. The molecule has 0 atom stereocenters. The zero-order chi connectivity index (χ0) is 33.5. The second kappa shape index (κ2) is 10.8. The molecular weight excluding hydrogens is 621 g/mol. The van der Waals surface area contributed by atoms with E-state index in [9.17, 15) is 0 Å². The number of furan rings is 1. The van der Waals surface area contributed by atoms with Gasteiger partial charge in [-0.1, -0.05) is 109 Å². The second-order valence-corrected chi connectivity index (χ2v) is 13.3. The maximum atomic E-state index is 6.40. The lowest BCUT2D eigenvalue weighted by atomic mass is 9.99. The van der Waals surface area contributed by atoms with E-state index in [1.54, 1.807) is 0 Å². The summed E-state index contributed by atoms with van der Waals surface area (Å²) < 4.78 is 11.2. The van der Waals surface area contributed by atoms with Gasteiger partial charge in [0, 0.05) is 43.7 Å². The zero-order valence-corrected chi connectivity index (χ0v) is 27.6. The fourth-order valence-corrected chi connectivity index (χ4v) is 8.25. The lowest BCUT2D eigenvalue weighted by Crippen LogP contribution is -1.93. The number of hydrogen-bond donors (Lipinski definition) is 0. The van der Waals surface area contributed by atoms with E-state index < -0.39 is 0 Å². The second-order valence-electron chi connectivity index (χ2n) is 13.3. The molecule has 0 aliphatic rings. The number of aromatic nitrogens is 2. The van der Waals surface area contributed by atoms with Crippen LogP contribution in [-0.4, -0.2) is 9.13 Å². The number of para-hydroxylation sites is 3. The molecule has 0 saturated heterocycles. The summed E-state index contributed by atoms with van der Waals surface area (Å²) in [7, 11) is 0. The number of fused-ring (bicyclic) bond motifs is 9. The minimum atomic E-state index is 0.893. The van der Waals surface area contributed by atoms with Crippen molar-refractivity contribution >= 4 is 65.6 Å². The van der Waals surface area contributed by atoms with Gasteiger partial charge in [-0.05, 0) is 95.1 Å². The van der Waals surface area contributed by atoms with E-state index in [1.165, 1.54) is 71.6 Å². The average Bonchev–Trinajstić information content (AvgIpc) is 3.85. The number of nitrogens with zero attached hydrogens (tertiary/aromatic N) is 2. The van der Waals surface area contributed by atoms with Crippen molar-refractivity contribution in [2.75, 3.05) is 0 Å². The zero-order valence-electron chi connectivity index (χ0n) is 27.6. The Balaban J connectivity index is 1.10. The van der Waals surface area contributed by atoms with Crippen LogP contribution >= 0.6 is 0 Å². The molecule has 51 heavy (non-hydrogen) atoms. The first-order valence-electron chi connectivity index (χ1n) is 17.4. The summed E-state index contributed by atoms with van der Waals surface area (Å²) in [6.45, 7) is 0. The van der Waals surface area contributed by atoms with Crippen molar-refractivity contribution < 1.29 is 4.42 Å². The van der Waals surface area contributed by atoms with Crippen LogP contribution in [0.15, 0.2) is 186 Å². The molecule has 0 saturated carbocycles. The van der Waals surface area contributed by atoms with Crippen LogP contribution in [0.3, 0.4) is 0 Å². The highest BCUT2D eigenvalue weighted by Gasteiger charge is 2.18. The maximum Gasteiger partial charge on any atom is 0.136 e. The van der Waals surface area contributed by atoms with Gasteiger partial charge in [0.2, 0.25) is 0 Å². The number of hydrogen-bond acceptors (Lipinski definition) is 1.